The van der Waals surface area contributed by atoms with E-state index in [1.54, 1.807) is 0 Å². The molecule has 1 amide bonds. The van der Waals surface area contributed by atoms with Gasteiger partial charge in [-0.3, -0.25) is 4.79 Å². The first-order valence-electron chi connectivity index (χ1n) is 10.1. The Bertz CT molecular complexity index is 748. The van der Waals surface area contributed by atoms with Crippen molar-refractivity contribution in [2.24, 2.45) is 0 Å². The number of hydrogen-bond donors (Lipinski definition) is 2. The molecule has 0 bridgehead atoms. The molecule has 1 atom stereocenters. The van der Waals surface area contributed by atoms with Crippen LogP contribution in [0.1, 0.15) is 36.6 Å². The third kappa shape index (κ3) is 5.10. The second-order valence-electron chi connectivity index (χ2n) is 7.58. The number of rotatable bonds is 6. The van der Waals surface area contributed by atoms with Gasteiger partial charge in [0.2, 0.25) is 0 Å². The van der Waals surface area contributed by atoms with Crippen LogP contribution in [-0.4, -0.2) is 38.6 Å². The number of amides is 1. The van der Waals surface area contributed by atoms with Gasteiger partial charge < -0.3 is 15.1 Å². The van der Waals surface area contributed by atoms with Crippen molar-refractivity contribution >= 4 is 11.6 Å². The third-order valence-corrected chi connectivity index (χ3v) is 5.60. The van der Waals surface area contributed by atoms with Crippen LogP contribution < -0.4 is 15.1 Å². The zero-order valence-electron chi connectivity index (χ0n) is 16.8. The Morgan fingerprint density at radius 1 is 1.11 bits per heavy atom. The Morgan fingerprint density at radius 2 is 1.78 bits per heavy atom. The molecule has 1 aliphatic heterocycles. The Kier molecular flexibility index (Phi) is 6.51. The predicted octanol–water partition coefficient (Wildman–Crippen LogP) is 2.14. The fourth-order valence-corrected chi connectivity index (χ4v) is 3.80. The summed E-state index contributed by atoms with van der Waals surface area (Å²) in [5.41, 5.74) is 5.14. The molecule has 2 N–H and O–H groups in total. The SMILES string of the molecule is CCc1ccc([C@H](C)NC(=O)C[NH+]2CCN(c3ccccc3C)CC2)cc1. The van der Waals surface area contributed by atoms with Crippen molar-refractivity contribution in [2.75, 3.05) is 37.6 Å². The van der Waals surface area contributed by atoms with E-state index in [1.807, 2.05) is 0 Å². The smallest absolute Gasteiger partial charge is 0.275 e. The summed E-state index contributed by atoms with van der Waals surface area (Å²) in [6, 6.07) is 17.1. The van der Waals surface area contributed by atoms with E-state index >= 15 is 0 Å². The van der Waals surface area contributed by atoms with Gasteiger partial charge in [0, 0.05) is 5.69 Å². The number of para-hydroxylation sites is 1. The molecule has 1 fully saturated rings. The summed E-state index contributed by atoms with van der Waals surface area (Å²) in [5.74, 6) is 0.140. The second-order valence-corrected chi connectivity index (χ2v) is 7.58. The summed E-state index contributed by atoms with van der Waals surface area (Å²) in [6.07, 6.45) is 1.04. The van der Waals surface area contributed by atoms with Crippen molar-refractivity contribution in [3.05, 3.63) is 65.2 Å². The first-order valence-corrected chi connectivity index (χ1v) is 10.1. The van der Waals surface area contributed by atoms with E-state index in [4.69, 9.17) is 0 Å². The van der Waals surface area contributed by atoms with E-state index < -0.39 is 0 Å². The van der Waals surface area contributed by atoms with E-state index in [0.717, 1.165) is 32.6 Å². The standard InChI is InChI=1S/C23H31N3O/c1-4-20-9-11-21(12-10-20)19(3)24-23(27)17-25-13-15-26(16-14-25)22-8-6-5-7-18(22)2/h5-12,19H,4,13-17H2,1-3H3,(H,24,27)/p+1/t19-/m0/s1. The molecule has 0 aromatic heterocycles. The number of piperazine rings is 1. The highest BCUT2D eigenvalue weighted by Crippen LogP contribution is 2.18. The zero-order chi connectivity index (χ0) is 19.2. The van der Waals surface area contributed by atoms with Crippen LogP contribution in [0.3, 0.4) is 0 Å². The fourth-order valence-electron chi connectivity index (χ4n) is 3.80. The van der Waals surface area contributed by atoms with Crippen LogP contribution in [-0.2, 0) is 11.2 Å². The quantitative estimate of drug-likeness (QED) is 0.822. The number of nitrogens with zero attached hydrogens (tertiary/aromatic N) is 1. The highest BCUT2D eigenvalue weighted by Gasteiger charge is 2.23. The summed E-state index contributed by atoms with van der Waals surface area (Å²) < 4.78 is 0. The Labute approximate surface area is 163 Å². The number of carbonyl (C=O) groups is 1. The van der Waals surface area contributed by atoms with Crippen LogP contribution >= 0.6 is 0 Å². The molecular weight excluding hydrogens is 334 g/mol. The number of quaternary nitrogens is 1. The lowest BCUT2D eigenvalue weighted by Gasteiger charge is -2.34. The molecule has 144 valence electrons. The van der Waals surface area contributed by atoms with E-state index in [-0.39, 0.29) is 11.9 Å². The van der Waals surface area contributed by atoms with Gasteiger partial charge in [-0.15, -0.1) is 0 Å². The molecular formula is C23H32N3O+. The number of aryl methyl sites for hydroxylation is 2. The molecule has 0 saturated carbocycles. The van der Waals surface area contributed by atoms with E-state index in [0.29, 0.717) is 6.54 Å². The lowest BCUT2D eigenvalue weighted by atomic mass is 10.0. The van der Waals surface area contributed by atoms with Crippen LogP contribution in [0.25, 0.3) is 0 Å². The maximum absolute atomic E-state index is 12.5. The van der Waals surface area contributed by atoms with Crippen molar-refractivity contribution in [3.8, 4) is 0 Å². The second kappa shape index (κ2) is 9.05. The van der Waals surface area contributed by atoms with Gasteiger partial charge >= 0.3 is 0 Å². The molecule has 0 radical (unpaired) electrons. The monoisotopic (exact) mass is 366 g/mol. The lowest BCUT2D eigenvalue weighted by molar-refractivity contribution is -0.892. The van der Waals surface area contributed by atoms with Gasteiger partial charge in [0.05, 0.1) is 32.2 Å². The van der Waals surface area contributed by atoms with Crippen LogP contribution in [0.2, 0.25) is 0 Å². The van der Waals surface area contributed by atoms with Crippen molar-refractivity contribution < 1.29 is 9.69 Å². The summed E-state index contributed by atoms with van der Waals surface area (Å²) in [5, 5.41) is 3.16. The van der Waals surface area contributed by atoms with E-state index in [9.17, 15) is 4.79 Å². The Morgan fingerprint density at radius 3 is 2.41 bits per heavy atom. The first kappa shape index (κ1) is 19.4. The number of anilines is 1. The normalized spacial score (nSPS) is 16.2. The Balaban J connectivity index is 1.47. The molecule has 4 nitrogen and oxygen atoms in total. The molecule has 1 heterocycles. The van der Waals surface area contributed by atoms with Crippen molar-refractivity contribution in [1.29, 1.82) is 0 Å². The summed E-state index contributed by atoms with van der Waals surface area (Å²) in [7, 11) is 0. The average Bonchev–Trinajstić information content (AvgIpc) is 2.69. The lowest BCUT2D eigenvalue weighted by Crippen LogP contribution is -3.16. The number of nitrogens with one attached hydrogen (secondary N) is 2. The minimum absolute atomic E-state index is 0.0519. The van der Waals surface area contributed by atoms with Crippen molar-refractivity contribution in [3.63, 3.8) is 0 Å². The molecule has 3 rings (SSSR count). The van der Waals surface area contributed by atoms with Gasteiger partial charge in [-0.2, -0.15) is 0 Å². The number of benzene rings is 2. The maximum atomic E-state index is 12.5. The van der Waals surface area contributed by atoms with Crippen molar-refractivity contribution in [2.45, 2.75) is 33.2 Å². The molecule has 0 spiro atoms. The molecule has 1 saturated heterocycles. The molecule has 2 aromatic carbocycles. The largest absolute Gasteiger partial charge is 0.360 e. The first-order chi connectivity index (χ1) is 13.1. The topological polar surface area (TPSA) is 36.8 Å². The van der Waals surface area contributed by atoms with E-state index in [1.165, 1.54) is 27.3 Å². The summed E-state index contributed by atoms with van der Waals surface area (Å²) in [4.78, 5) is 16.3. The maximum Gasteiger partial charge on any atom is 0.275 e. The van der Waals surface area contributed by atoms with Crippen LogP contribution in [0.5, 0.6) is 0 Å². The van der Waals surface area contributed by atoms with Gasteiger partial charge in [0.1, 0.15) is 0 Å². The minimum Gasteiger partial charge on any atom is -0.360 e. The highest BCUT2D eigenvalue weighted by atomic mass is 16.2. The van der Waals surface area contributed by atoms with Gasteiger partial charge in [0.25, 0.3) is 5.91 Å². The summed E-state index contributed by atoms with van der Waals surface area (Å²) in [6.45, 7) is 10.9. The van der Waals surface area contributed by atoms with Crippen molar-refractivity contribution in [1.82, 2.24) is 5.32 Å². The third-order valence-electron chi connectivity index (χ3n) is 5.60. The van der Waals surface area contributed by atoms with Crippen LogP contribution in [0.15, 0.2) is 48.5 Å². The average molecular weight is 367 g/mol. The van der Waals surface area contributed by atoms with Gasteiger partial charge in [-0.25, -0.2) is 0 Å². The summed E-state index contributed by atoms with van der Waals surface area (Å²) >= 11 is 0. The molecule has 27 heavy (non-hydrogen) atoms. The van der Waals surface area contributed by atoms with Gasteiger partial charge in [-0.05, 0) is 43.0 Å². The van der Waals surface area contributed by atoms with Gasteiger partial charge in [-0.1, -0.05) is 49.4 Å². The number of hydrogen-bond acceptors (Lipinski definition) is 2. The predicted molar refractivity (Wildman–Crippen MR) is 111 cm³/mol. The zero-order valence-corrected chi connectivity index (χ0v) is 16.8. The Hall–Kier alpha value is -2.33. The molecule has 0 unspecified atom stereocenters. The van der Waals surface area contributed by atoms with Crippen LogP contribution in [0, 0.1) is 6.92 Å². The highest BCUT2D eigenvalue weighted by molar-refractivity contribution is 5.77. The van der Waals surface area contributed by atoms with Crippen LogP contribution in [0.4, 0.5) is 5.69 Å². The molecule has 0 aliphatic carbocycles. The molecule has 4 heteroatoms. The van der Waals surface area contributed by atoms with Gasteiger partial charge in [0.15, 0.2) is 6.54 Å². The number of carbonyl (C=O) groups excluding carboxylic acids is 1. The molecule has 1 aliphatic rings. The fraction of sp³-hybridized carbons (Fsp3) is 0.435. The van der Waals surface area contributed by atoms with E-state index in [2.05, 4.69) is 79.5 Å². The molecule has 2 aromatic rings. The minimum atomic E-state index is 0.0519.